The Morgan fingerprint density at radius 3 is 2.81 bits per heavy atom. The summed E-state index contributed by atoms with van der Waals surface area (Å²) in [5, 5.41) is 4.26. The Balaban J connectivity index is 2.04. The van der Waals surface area contributed by atoms with Gasteiger partial charge in [0.2, 0.25) is 0 Å². The van der Waals surface area contributed by atoms with E-state index in [-0.39, 0.29) is 0 Å². The molecule has 2 aromatic rings. The minimum absolute atomic E-state index is 0.503. The summed E-state index contributed by atoms with van der Waals surface area (Å²) < 4.78 is 8.53. The fourth-order valence-corrected chi connectivity index (χ4v) is 1.94. The number of nitrogens with zero attached hydrogens (tertiary/aromatic N) is 2. The molecular formula is C12H13BrN2O. The second-order valence-electron chi connectivity index (χ2n) is 3.68. The van der Waals surface area contributed by atoms with Crippen LogP contribution in [0.25, 0.3) is 0 Å². The zero-order valence-electron chi connectivity index (χ0n) is 9.27. The first kappa shape index (κ1) is 11.2. The number of halogens is 1. The van der Waals surface area contributed by atoms with Crippen LogP contribution in [0.4, 0.5) is 0 Å². The molecule has 0 saturated heterocycles. The van der Waals surface area contributed by atoms with Crippen LogP contribution in [0.5, 0.6) is 5.75 Å². The maximum absolute atomic E-state index is 5.69. The van der Waals surface area contributed by atoms with E-state index in [1.807, 2.05) is 44.4 Å². The third-order valence-corrected chi connectivity index (χ3v) is 2.77. The molecule has 1 heterocycles. The molecule has 0 saturated carbocycles. The van der Waals surface area contributed by atoms with Crippen LogP contribution in [-0.2, 0) is 13.7 Å². The number of aromatic nitrogens is 2. The highest BCUT2D eigenvalue weighted by Crippen LogP contribution is 2.22. The van der Waals surface area contributed by atoms with Crippen molar-refractivity contribution >= 4 is 15.9 Å². The maximum atomic E-state index is 5.69. The van der Waals surface area contributed by atoms with Gasteiger partial charge in [-0.25, -0.2) is 0 Å². The summed E-state index contributed by atoms with van der Waals surface area (Å²) in [4.78, 5) is 0. The standard InChI is InChI=1S/C12H13BrN2O/c1-9-7-10(13)3-4-12(9)16-8-11-5-6-15(2)14-11/h3-7H,8H2,1-2H3. The molecule has 1 aromatic heterocycles. The summed E-state index contributed by atoms with van der Waals surface area (Å²) in [7, 11) is 1.90. The molecular weight excluding hydrogens is 268 g/mol. The van der Waals surface area contributed by atoms with Crippen molar-refractivity contribution in [2.75, 3.05) is 0 Å². The monoisotopic (exact) mass is 280 g/mol. The Morgan fingerprint density at radius 1 is 1.38 bits per heavy atom. The molecule has 0 spiro atoms. The topological polar surface area (TPSA) is 27.1 Å². The number of hydrogen-bond donors (Lipinski definition) is 0. The second kappa shape index (κ2) is 4.70. The average molecular weight is 281 g/mol. The first-order chi connectivity index (χ1) is 7.65. The lowest BCUT2D eigenvalue weighted by molar-refractivity contribution is 0.298. The lowest BCUT2D eigenvalue weighted by Crippen LogP contribution is -1.99. The van der Waals surface area contributed by atoms with E-state index >= 15 is 0 Å². The van der Waals surface area contributed by atoms with Crippen molar-refractivity contribution in [2.45, 2.75) is 13.5 Å². The van der Waals surface area contributed by atoms with Crippen molar-refractivity contribution in [2.24, 2.45) is 7.05 Å². The van der Waals surface area contributed by atoms with Crippen molar-refractivity contribution in [1.82, 2.24) is 9.78 Å². The van der Waals surface area contributed by atoms with Gasteiger partial charge in [-0.1, -0.05) is 15.9 Å². The quantitative estimate of drug-likeness (QED) is 0.864. The largest absolute Gasteiger partial charge is 0.487 e. The summed E-state index contributed by atoms with van der Waals surface area (Å²) in [5.41, 5.74) is 2.05. The van der Waals surface area contributed by atoms with Crippen molar-refractivity contribution in [3.8, 4) is 5.75 Å². The van der Waals surface area contributed by atoms with Gasteiger partial charge >= 0.3 is 0 Å². The molecule has 2 rings (SSSR count). The van der Waals surface area contributed by atoms with Crippen LogP contribution in [0.3, 0.4) is 0 Å². The fourth-order valence-electron chi connectivity index (χ4n) is 1.47. The van der Waals surface area contributed by atoms with Gasteiger partial charge in [-0.2, -0.15) is 5.10 Å². The van der Waals surface area contributed by atoms with Gasteiger partial charge in [-0.3, -0.25) is 4.68 Å². The third kappa shape index (κ3) is 2.64. The summed E-state index contributed by atoms with van der Waals surface area (Å²) in [6.07, 6.45) is 1.91. The highest BCUT2D eigenvalue weighted by molar-refractivity contribution is 9.10. The molecule has 0 aliphatic rings. The summed E-state index contributed by atoms with van der Waals surface area (Å²) in [6, 6.07) is 7.92. The minimum atomic E-state index is 0.503. The molecule has 0 aliphatic carbocycles. The second-order valence-corrected chi connectivity index (χ2v) is 4.59. The van der Waals surface area contributed by atoms with Gasteiger partial charge < -0.3 is 4.74 Å². The molecule has 0 aliphatic heterocycles. The first-order valence-corrected chi connectivity index (χ1v) is 5.82. The van der Waals surface area contributed by atoms with Crippen LogP contribution in [-0.4, -0.2) is 9.78 Å². The van der Waals surface area contributed by atoms with Crippen LogP contribution < -0.4 is 4.74 Å². The fraction of sp³-hybridized carbons (Fsp3) is 0.250. The molecule has 0 bridgehead atoms. The predicted octanol–water partition coefficient (Wildman–Crippen LogP) is 3.07. The van der Waals surface area contributed by atoms with E-state index in [0.29, 0.717) is 6.61 Å². The van der Waals surface area contributed by atoms with Gasteiger partial charge in [0, 0.05) is 17.7 Å². The average Bonchev–Trinajstić information content (AvgIpc) is 2.63. The normalized spacial score (nSPS) is 10.4. The molecule has 0 radical (unpaired) electrons. The van der Waals surface area contributed by atoms with E-state index in [1.165, 1.54) is 0 Å². The highest BCUT2D eigenvalue weighted by atomic mass is 79.9. The van der Waals surface area contributed by atoms with Gasteiger partial charge in [0.25, 0.3) is 0 Å². The highest BCUT2D eigenvalue weighted by Gasteiger charge is 2.02. The molecule has 0 amide bonds. The van der Waals surface area contributed by atoms with Gasteiger partial charge in [-0.05, 0) is 36.8 Å². The van der Waals surface area contributed by atoms with Crippen LogP contribution in [0.15, 0.2) is 34.9 Å². The Bertz CT molecular complexity index is 494. The number of hydrogen-bond acceptors (Lipinski definition) is 2. The molecule has 0 N–H and O–H groups in total. The maximum Gasteiger partial charge on any atom is 0.132 e. The molecule has 0 unspecified atom stereocenters. The Kier molecular flexibility index (Phi) is 3.29. The van der Waals surface area contributed by atoms with E-state index in [4.69, 9.17) is 4.74 Å². The van der Waals surface area contributed by atoms with Crippen molar-refractivity contribution in [1.29, 1.82) is 0 Å². The van der Waals surface area contributed by atoms with Crippen molar-refractivity contribution in [3.63, 3.8) is 0 Å². The van der Waals surface area contributed by atoms with Gasteiger partial charge in [0.1, 0.15) is 12.4 Å². The molecule has 1 aromatic carbocycles. The van der Waals surface area contributed by atoms with E-state index in [2.05, 4.69) is 21.0 Å². The molecule has 0 fully saturated rings. The number of ether oxygens (including phenoxy) is 1. The molecule has 3 nitrogen and oxygen atoms in total. The van der Waals surface area contributed by atoms with Crippen molar-refractivity contribution in [3.05, 3.63) is 46.2 Å². The molecule has 16 heavy (non-hydrogen) atoms. The van der Waals surface area contributed by atoms with Gasteiger partial charge in [0.05, 0.1) is 5.69 Å². The van der Waals surface area contributed by atoms with Crippen LogP contribution in [0.2, 0.25) is 0 Å². The number of rotatable bonds is 3. The summed E-state index contributed by atoms with van der Waals surface area (Å²) in [6.45, 7) is 2.53. The Labute approximate surface area is 103 Å². The van der Waals surface area contributed by atoms with E-state index in [0.717, 1.165) is 21.5 Å². The zero-order valence-corrected chi connectivity index (χ0v) is 10.9. The minimum Gasteiger partial charge on any atom is -0.487 e. The lowest BCUT2D eigenvalue weighted by atomic mass is 10.2. The summed E-state index contributed by atoms with van der Waals surface area (Å²) >= 11 is 3.42. The van der Waals surface area contributed by atoms with E-state index in [1.54, 1.807) is 4.68 Å². The first-order valence-electron chi connectivity index (χ1n) is 5.02. The van der Waals surface area contributed by atoms with Crippen LogP contribution >= 0.6 is 15.9 Å². The predicted molar refractivity (Wildman–Crippen MR) is 66.4 cm³/mol. The van der Waals surface area contributed by atoms with Crippen LogP contribution in [0.1, 0.15) is 11.3 Å². The van der Waals surface area contributed by atoms with E-state index in [9.17, 15) is 0 Å². The SMILES string of the molecule is Cc1cc(Br)ccc1OCc1ccn(C)n1. The van der Waals surface area contributed by atoms with Gasteiger partial charge in [0.15, 0.2) is 0 Å². The third-order valence-electron chi connectivity index (χ3n) is 2.28. The van der Waals surface area contributed by atoms with Crippen molar-refractivity contribution < 1.29 is 4.74 Å². The summed E-state index contributed by atoms with van der Waals surface area (Å²) in [5.74, 6) is 0.897. The van der Waals surface area contributed by atoms with E-state index < -0.39 is 0 Å². The lowest BCUT2D eigenvalue weighted by Gasteiger charge is -2.07. The number of aryl methyl sites for hydroxylation is 2. The number of benzene rings is 1. The van der Waals surface area contributed by atoms with Crippen LogP contribution in [0, 0.1) is 6.92 Å². The molecule has 0 atom stereocenters. The molecule has 4 heteroatoms. The Hall–Kier alpha value is -1.29. The smallest absolute Gasteiger partial charge is 0.132 e. The zero-order chi connectivity index (χ0) is 11.5. The Morgan fingerprint density at radius 2 is 2.19 bits per heavy atom. The molecule has 84 valence electrons. The van der Waals surface area contributed by atoms with Gasteiger partial charge in [-0.15, -0.1) is 0 Å².